The first-order valence-corrected chi connectivity index (χ1v) is 7.97. The highest BCUT2D eigenvalue weighted by molar-refractivity contribution is 9.10. The molecule has 0 radical (unpaired) electrons. The summed E-state index contributed by atoms with van der Waals surface area (Å²) in [5.41, 5.74) is 1.71. The lowest BCUT2D eigenvalue weighted by Crippen LogP contribution is -2.35. The third-order valence-electron chi connectivity index (χ3n) is 3.20. The molecule has 2 rings (SSSR count). The second kappa shape index (κ2) is 8.31. The number of nitriles is 1. The topological polar surface area (TPSA) is 83.5 Å². The molecule has 0 aliphatic heterocycles. The van der Waals surface area contributed by atoms with Crippen LogP contribution in [0.1, 0.15) is 22.5 Å². The zero-order valence-electron chi connectivity index (χ0n) is 13.0. The average molecular weight is 391 g/mol. The first-order chi connectivity index (χ1) is 11.5. The third kappa shape index (κ3) is 4.70. The van der Waals surface area contributed by atoms with E-state index in [0.29, 0.717) is 10.4 Å². The Morgan fingerprint density at radius 2 is 1.96 bits per heavy atom. The van der Waals surface area contributed by atoms with Crippen molar-refractivity contribution in [1.82, 2.24) is 0 Å². The Hall–Kier alpha value is -2.59. The molecular weight excluding hydrogens is 376 g/mol. The summed E-state index contributed by atoms with van der Waals surface area (Å²) in [6.45, 7) is 1.73. The van der Waals surface area contributed by atoms with Gasteiger partial charge in [0.25, 0.3) is 5.91 Å². The van der Waals surface area contributed by atoms with Gasteiger partial charge in [-0.3, -0.25) is 4.79 Å². The van der Waals surface area contributed by atoms with Gasteiger partial charge < -0.3 is 14.1 Å². The van der Waals surface area contributed by atoms with Gasteiger partial charge in [-0.1, -0.05) is 17.7 Å². The summed E-state index contributed by atoms with van der Waals surface area (Å²) in [5, 5.41) is 8.77. The molecule has 1 aromatic heterocycles. The van der Waals surface area contributed by atoms with Crippen molar-refractivity contribution in [2.75, 3.05) is 18.1 Å². The predicted octanol–water partition coefficient (Wildman–Crippen LogP) is 3.45. The first-order valence-electron chi connectivity index (χ1n) is 7.17. The fourth-order valence-corrected chi connectivity index (χ4v) is 2.29. The van der Waals surface area contributed by atoms with Crippen LogP contribution in [0.5, 0.6) is 0 Å². The molecule has 0 saturated carbocycles. The molecule has 0 bridgehead atoms. The monoisotopic (exact) mass is 390 g/mol. The van der Waals surface area contributed by atoms with E-state index in [1.165, 1.54) is 11.0 Å². The molecule has 1 heterocycles. The largest absolute Gasteiger partial charge is 0.450 e. The lowest BCUT2D eigenvalue weighted by Gasteiger charge is -2.21. The van der Waals surface area contributed by atoms with Crippen molar-refractivity contribution in [2.24, 2.45) is 0 Å². The molecule has 0 spiro atoms. The van der Waals surface area contributed by atoms with Crippen LogP contribution in [-0.2, 0) is 9.53 Å². The number of aryl methyl sites for hydroxylation is 1. The predicted molar refractivity (Wildman–Crippen MR) is 90.5 cm³/mol. The molecule has 7 heteroatoms. The zero-order chi connectivity index (χ0) is 17.5. The first kappa shape index (κ1) is 17.8. The number of esters is 1. The van der Waals surface area contributed by atoms with Crippen LogP contribution >= 0.6 is 15.9 Å². The summed E-state index contributed by atoms with van der Waals surface area (Å²) >= 11 is 3.09. The van der Waals surface area contributed by atoms with E-state index in [4.69, 9.17) is 14.4 Å². The number of anilines is 1. The van der Waals surface area contributed by atoms with Crippen LogP contribution < -0.4 is 4.90 Å². The summed E-state index contributed by atoms with van der Waals surface area (Å²) in [4.78, 5) is 25.6. The van der Waals surface area contributed by atoms with E-state index in [0.717, 1.165) is 5.56 Å². The molecule has 1 amide bonds. The number of carbonyl (C=O) groups is 2. The molecule has 0 aliphatic carbocycles. The van der Waals surface area contributed by atoms with Crippen molar-refractivity contribution in [2.45, 2.75) is 13.3 Å². The quantitative estimate of drug-likeness (QED) is 0.705. The van der Waals surface area contributed by atoms with Crippen LogP contribution in [0.3, 0.4) is 0 Å². The molecule has 0 saturated heterocycles. The second-order valence-corrected chi connectivity index (χ2v) is 5.75. The van der Waals surface area contributed by atoms with Gasteiger partial charge in [0.05, 0.1) is 12.5 Å². The Morgan fingerprint density at radius 1 is 1.25 bits per heavy atom. The summed E-state index contributed by atoms with van der Waals surface area (Å²) < 4.78 is 10.5. The van der Waals surface area contributed by atoms with Gasteiger partial charge in [0.15, 0.2) is 11.3 Å². The number of ether oxygens (including phenoxy) is 1. The number of nitrogens with zero attached hydrogens (tertiary/aromatic N) is 2. The van der Waals surface area contributed by atoms with Crippen LogP contribution in [0.15, 0.2) is 45.5 Å². The highest BCUT2D eigenvalue weighted by Crippen LogP contribution is 2.17. The zero-order valence-corrected chi connectivity index (χ0v) is 14.6. The normalized spacial score (nSPS) is 10.0. The van der Waals surface area contributed by atoms with E-state index in [1.807, 2.05) is 25.1 Å². The number of hydrogen-bond donors (Lipinski definition) is 0. The molecule has 6 nitrogen and oxygen atoms in total. The minimum atomic E-state index is -0.724. The summed E-state index contributed by atoms with van der Waals surface area (Å²) in [5.74, 6) is -1.13. The van der Waals surface area contributed by atoms with Crippen LogP contribution in [0, 0.1) is 18.3 Å². The van der Waals surface area contributed by atoms with Crippen LogP contribution in [0.2, 0.25) is 0 Å². The van der Waals surface area contributed by atoms with Gasteiger partial charge in [0.1, 0.15) is 0 Å². The standard InChI is InChI=1S/C17H15BrN2O4/c1-12-3-5-13(6-4-12)20(10-2-9-19)16(21)11-23-17(22)14-7-8-15(18)24-14/h3-8H,2,10-11H2,1H3. The van der Waals surface area contributed by atoms with Crippen molar-refractivity contribution in [1.29, 1.82) is 5.26 Å². The fraction of sp³-hybridized carbons (Fsp3) is 0.235. The minimum Gasteiger partial charge on any atom is -0.450 e. The van der Waals surface area contributed by atoms with Gasteiger partial charge in [-0.15, -0.1) is 0 Å². The van der Waals surface area contributed by atoms with Gasteiger partial charge in [0, 0.05) is 12.2 Å². The van der Waals surface area contributed by atoms with E-state index >= 15 is 0 Å². The second-order valence-electron chi connectivity index (χ2n) is 4.97. The molecule has 24 heavy (non-hydrogen) atoms. The highest BCUT2D eigenvalue weighted by atomic mass is 79.9. The molecule has 0 N–H and O–H groups in total. The Bertz CT molecular complexity index is 762. The van der Waals surface area contributed by atoms with Crippen LogP contribution in [0.4, 0.5) is 5.69 Å². The summed E-state index contributed by atoms with van der Waals surface area (Å²) in [6.07, 6.45) is 0.179. The maximum atomic E-state index is 12.4. The Labute approximate surface area is 147 Å². The van der Waals surface area contributed by atoms with E-state index < -0.39 is 18.5 Å². The van der Waals surface area contributed by atoms with Crippen molar-refractivity contribution in [3.8, 4) is 6.07 Å². The Kier molecular flexibility index (Phi) is 6.15. The number of amides is 1. The van der Waals surface area contributed by atoms with E-state index in [1.54, 1.807) is 18.2 Å². The molecule has 1 aromatic carbocycles. The number of benzene rings is 1. The minimum absolute atomic E-state index is 0.00795. The van der Waals surface area contributed by atoms with E-state index in [2.05, 4.69) is 15.9 Å². The molecule has 0 atom stereocenters. The van der Waals surface area contributed by atoms with Crippen molar-refractivity contribution >= 4 is 33.5 Å². The summed E-state index contributed by atoms with van der Waals surface area (Å²) in [6, 6.07) is 12.3. The lowest BCUT2D eigenvalue weighted by molar-refractivity contribution is -0.121. The lowest BCUT2D eigenvalue weighted by atomic mass is 10.2. The number of halogens is 1. The van der Waals surface area contributed by atoms with Crippen molar-refractivity contribution < 1.29 is 18.7 Å². The fourth-order valence-electron chi connectivity index (χ4n) is 1.98. The van der Waals surface area contributed by atoms with Crippen molar-refractivity contribution in [3.05, 3.63) is 52.4 Å². The number of furan rings is 1. The van der Waals surface area contributed by atoms with Gasteiger partial charge in [-0.2, -0.15) is 5.26 Å². The number of carbonyl (C=O) groups excluding carboxylic acids is 2. The average Bonchev–Trinajstić information content (AvgIpc) is 3.01. The Morgan fingerprint density at radius 3 is 2.54 bits per heavy atom. The van der Waals surface area contributed by atoms with E-state index in [-0.39, 0.29) is 18.7 Å². The van der Waals surface area contributed by atoms with Gasteiger partial charge in [0.2, 0.25) is 5.76 Å². The molecule has 0 aliphatic rings. The number of rotatable bonds is 6. The molecule has 0 fully saturated rings. The maximum absolute atomic E-state index is 12.4. The molecule has 124 valence electrons. The smallest absolute Gasteiger partial charge is 0.374 e. The van der Waals surface area contributed by atoms with Gasteiger partial charge in [-0.25, -0.2) is 4.79 Å². The summed E-state index contributed by atoms with van der Waals surface area (Å²) in [7, 11) is 0. The number of hydrogen-bond acceptors (Lipinski definition) is 5. The van der Waals surface area contributed by atoms with Gasteiger partial charge in [-0.05, 0) is 47.1 Å². The maximum Gasteiger partial charge on any atom is 0.374 e. The van der Waals surface area contributed by atoms with E-state index in [9.17, 15) is 9.59 Å². The van der Waals surface area contributed by atoms with Gasteiger partial charge >= 0.3 is 5.97 Å². The third-order valence-corrected chi connectivity index (χ3v) is 3.62. The van der Waals surface area contributed by atoms with Crippen LogP contribution in [-0.4, -0.2) is 25.0 Å². The Balaban J connectivity index is 2.03. The van der Waals surface area contributed by atoms with Crippen molar-refractivity contribution in [3.63, 3.8) is 0 Å². The highest BCUT2D eigenvalue weighted by Gasteiger charge is 2.19. The molecule has 0 unspecified atom stereocenters. The molecular formula is C17H15BrN2O4. The SMILES string of the molecule is Cc1ccc(N(CCC#N)C(=O)COC(=O)c2ccc(Br)o2)cc1. The van der Waals surface area contributed by atoms with Crippen LogP contribution in [0.25, 0.3) is 0 Å². The molecule has 2 aromatic rings.